The van der Waals surface area contributed by atoms with Gasteiger partial charge >= 0.3 is 0 Å². The normalized spacial score (nSPS) is 14.2. The Kier molecular flexibility index (Phi) is 7.28. The third-order valence-electron chi connectivity index (χ3n) is 6.24. The molecule has 1 aromatic carbocycles. The maximum Gasteiger partial charge on any atom is 0.264 e. The van der Waals surface area contributed by atoms with Crippen LogP contribution in [0.3, 0.4) is 0 Å². The van der Waals surface area contributed by atoms with Gasteiger partial charge in [0.1, 0.15) is 10.6 Å². The maximum absolute atomic E-state index is 13.7. The number of thioether (sulfide) groups is 1. The number of amides is 1. The lowest BCUT2D eigenvalue weighted by Crippen LogP contribution is -2.28. The predicted octanol–water partition coefficient (Wildman–Crippen LogP) is 4.95. The molecule has 4 rings (SSSR count). The molecule has 34 heavy (non-hydrogen) atoms. The quantitative estimate of drug-likeness (QED) is 0.341. The fraction of sp³-hybridized carbons (Fsp3) is 0.462. The number of carbonyl (C=O) groups excluding carboxylic acids is 2. The number of hydrogen-bond donors (Lipinski definition) is 0. The Morgan fingerprint density at radius 3 is 2.44 bits per heavy atom. The van der Waals surface area contributed by atoms with E-state index in [9.17, 15) is 14.4 Å². The van der Waals surface area contributed by atoms with Crippen molar-refractivity contribution in [1.82, 2.24) is 14.5 Å². The third kappa shape index (κ3) is 5.13. The van der Waals surface area contributed by atoms with Crippen LogP contribution in [0.4, 0.5) is 0 Å². The summed E-state index contributed by atoms with van der Waals surface area (Å²) in [6, 6.07) is 10.0. The number of aromatic nitrogens is 2. The summed E-state index contributed by atoms with van der Waals surface area (Å²) in [7, 11) is 0. The Labute approximate surface area is 208 Å². The molecule has 1 aliphatic heterocycles. The molecule has 8 heteroatoms. The first-order valence-corrected chi connectivity index (χ1v) is 13.5. The number of Topliss-reactive ketones (excluding diaryl/α,β-unsaturated/α-hetero) is 1. The number of hydrogen-bond acceptors (Lipinski definition) is 6. The zero-order chi connectivity index (χ0) is 24.5. The highest BCUT2D eigenvalue weighted by Gasteiger charge is 2.27. The zero-order valence-corrected chi connectivity index (χ0v) is 21.9. The number of ketones is 1. The fourth-order valence-electron chi connectivity index (χ4n) is 4.01. The van der Waals surface area contributed by atoms with Gasteiger partial charge in [0.05, 0.1) is 16.0 Å². The Hall–Kier alpha value is -2.45. The second kappa shape index (κ2) is 10.0. The van der Waals surface area contributed by atoms with Crippen LogP contribution in [-0.4, -0.2) is 45.0 Å². The van der Waals surface area contributed by atoms with Gasteiger partial charge < -0.3 is 4.90 Å². The van der Waals surface area contributed by atoms with E-state index in [4.69, 9.17) is 4.98 Å². The van der Waals surface area contributed by atoms with Gasteiger partial charge in [0.2, 0.25) is 0 Å². The van der Waals surface area contributed by atoms with Crippen LogP contribution in [0.5, 0.6) is 0 Å². The highest BCUT2D eigenvalue weighted by Crippen LogP contribution is 2.31. The molecule has 180 valence electrons. The van der Waals surface area contributed by atoms with Crippen molar-refractivity contribution >= 4 is 45.0 Å². The first-order valence-electron chi connectivity index (χ1n) is 11.7. The summed E-state index contributed by atoms with van der Waals surface area (Å²) in [4.78, 5) is 47.2. The Bertz CT molecular complexity index is 1270. The number of carbonyl (C=O) groups is 2. The van der Waals surface area contributed by atoms with E-state index < -0.39 is 5.41 Å². The van der Waals surface area contributed by atoms with Crippen molar-refractivity contribution < 1.29 is 9.59 Å². The van der Waals surface area contributed by atoms with Gasteiger partial charge in [-0.3, -0.25) is 19.0 Å². The van der Waals surface area contributed by atoms with Gasteiger partial charge in [-0.2, -0.15) is 0 Å². The average molecular weight is 498 g/mol. The molecule has 0 atom stereocenters. The van der Waals surface area contributed by atoms with Crippen molar-refractivity contribution in [2.45, 2.75) is 58.7 Å². The minimum Gasteiger partial charge on any atom is -0.338 e. The van der Waals surface area contributed by atoms with Gasteiger partial charge in [0, 0.05) is 25.0 Å². The van der Waals surface area contributed by atoms with Crippen LogP contribution in [0.1, 0.15) is 54.4 Å². The lowest BCUT2D eigenvalue weighted by atomic mass is 9.92. The van der Waals surface area contributed by atoms with Crippen LogP contribution in [0.15, 0.2) is 40.3 Å². The molecule has 0 N–H and O–H groups in total. The monoisotopic (exact) mass is 497 g/mol. The van der Waals surface area contributed by atoms with E-state index in [1.807, 2.05) is 62.9 Å². The largest absolute Gasteiger partial charge is 0.338 e. The number of benzene rings is 1. The van der Waals surface area contributed by atoms with Crippen molar-refractivity contribution in [3.63, 3.8) is 0 Å². The summed E-state index contributed by atoms with van der Waals surface area (Å²) in [5, 5.41) is 1.06. The minimum absolute atomic E-state index is 0.00894. The molecule has 1 aliphatic rings. The SMILES string of the molecule is Cc1c(C(=O)N2CCCC2)sc2nc(SCC(=O)C(C)(C)C)n(CCc3ccccc3)c(=O)c12. The van der Waals surface area contributed by atoms with E-state index in [0.29, 0.717) is 38.8 Å². The molecule has 0 spiro atoms. The molecule has 0 unspecified atom stereocenters. The maximum atomic E-state index is 13.7. The van der Waals surface area contributed by atoms with Crippen LogP contribution in [0, 0.1) is 12.3 Å². The molecule has 1 saturated heterocycles. The van der Waals surface area contributed by atoms with E-state index in [-0.39, 0.29) is 23.0 Å². The molecule has 3 heterocycles. The molecule has 0 aliphatic carbocycles. The van der Waals surface area contributed by atoms with Crippen LogP contribution in [0.25, 0.3) is 10.2 Å². The van der Waals surface area contributed by atoms with Crippen molar-refractivity contribution in [3.05, 3.63) is 56.7 Å². The summed E-state index contributed by atoms with van der Waals surface area (Å²) in [5.41, 5.74) is 1.25. The summed E-state index contributed by atoms with van der Waals surface area (Å²) in [6.45, 7) is 9.52. The number of thiophene rings is 1. The zero-order valence-electron chi connectivity index (χ0n) is 20.2. The van der Waals surface area contributed by atoms with Gasteiger partial charge in [0.15, 0.2) is 5.16 Å². The number of aryl methyl sites for hydroxylation is 2. The Balaban J connectivity index is 1.74. The first-order chi connectivity index (χ1) is 16.2. The van der Waals surface area contributed by atoms with E-state index in [1.165, 1.54) is 23.1 Å². The van der Waals surface area contributed by atoms with Crippen LogP contribution in [0.2, 0.25) is 0 Å². The fourth-order valence-corrected chi connectivity index (χ4v) is 6.38. The summed E-state index contributed by atoms with van der Waals surface area (Å²) >= 11 is 2.60. The lowest BCUT2D eigenvalue weighted by Gasteiger charge is -2.17. The topological polar surface area (TPSA) is 72.3 Å². The van der Waals surface area contributed by atoms with Gasteiger partial charge in [-0.05, 0) is 37.3 Å². The molecule has 6 nitrogen and oxygen atoms in total. The Morgan fingerprint density at radius 1 is 1.12 bits per heavy atom. The first kappa shape index (κ1) is 24.7. The van der Waals surface area contributed by atoms with E-state index >= 15 is 0 Å². The lowest BCUT2D eigenvalue weighted by molar-refractivity contribution is -0.123. The second-order valence-corrected chi connectivity index (χ2v) is 11.7. The van der Waals surface area contributed by atoms with Crippen molar-refractivity contribution in [1.29, 1.82) is 0 Å². The van der Waals surface area contributed by atoms with Crippen LogP contribution < -0.4 is 5.56 Å². The smallest absolute Gasteiger partial charge is 0.264 e. The van der Waals surface area contributed by atoms with Gasteiger partial charge in [0.25, 0.3) is 11.5 Å². The van der Waals surface area contributed by atoms with Crippen molar-refractivity contribution in [2.24, 2.45) is 5.41 Å². The third-order valence-corrected chi connectivity index (χ3v) is 8.39. The highest BCUT2D eigenvalue weighted by atomic mass is 32.2. The minimum atomic E-state index is -0.457. The molecule has 0 saturated carbocycles. The molecular formula is C26H31N3O3S2. The number of nitrogens with zero attached hydrogens (tertiary/aromatic N) is 3. The molecular weight excluding hydrogens is 466 g/mol. The molecule has 0 bridgehead atoms. The predicted molar refractivity (Wildman–Crippen MR) is 139 cm³/mol. The van der Waals surface area contributed by atoms with Crippen molar-refractivity contribution in [2.75, 3.05) is 18.8 Å². The second-order valence-electron chi connectivity index (χ2n) is 9.78. The standard InChI is InChI=1S/C26H31N3O3S2/c1-17-20-22(34-21(17)24(32)28-13-8-9-14-28)27-25(33-16-19(30)26(2,3)4)29(23(20)31)15-12-18-10-6-5-7-11-18/h5-7,10-11H,8-9,12-16H2,1-4H3. The van der Waals surface area contributed by atoms with Gasteiger partial charge in [-0.15, -0.1) is 11.3 Å². The molecule has 1 amide bonds. The number of likely N-dealkylation sites (tertiary alicyclic amines) is 1. The molecule has 1 fully saturated rings. The van der Waals surface area contributed by atoms with Gasteiger partial charge in [-0.25, -0.2) is 4.98 Å². The molecule has 0 radical (unpaired) electrons. The molecule has 2 aromatic heterocycles. The van der Waals surface area contributed by atoms with E-state index in [2.05, 4.69) is 0 Å². The van der Waals surface area contributed by atoms with E-state index in [1.54, 1.807) is 4.57 Å². The van der Waals surface area contributed by atoms with Crippen LogP contribution in [-0.2, 0) is 17.8 Å². The summed E-state index contributed by atoms with van der Waals surface area (Å²) in [5.74, 6) is 0.343. The molecule has 3 aromatic rings. The number of rotatable bonds is 7. The summed E-state index contributed by atoms with van der Waals surface area (Å²) < 4.78 is 1.68. The average Bonchev–Trinajstić information content (AvgIpc) is 3.45. The summed E-state index contributed by atoms with van der Waals surface area (Å²) in [6.07, 6.45) is 2.71. The Morgan fingerprint density at radius 2 is 1.79 bits per heavy atom. The van der Waals surface area contributed by atoms with Crippen LogP contribution >= 0.6 is 23.1 Å². The van der Waals surface area contributed by atoms with Crippen molar-refractivity contribution in [3.8, 4) is 0 Å². The van der Waals surface area contributed by atoms with Gasteiger partial charge in [-0.1, -0.05) is 62.9 Å². The highest BCUT2D eigenvalue weighted by molar-refractivity contribution is 7.99. The number of fused-ring (bicyclic) bond motifs is 1. The van der Waals surface area contributed by atoms with E-state index in [0.717, 1.165) is 31.5 Å².